The van der Waals surface area contributed by atoms with Gasteiger partial charge in [-0.2, -0.15) is 0 Å². The fourth-order valence-corrected chi connectivity index (χ4v) is 2.55. The van der Waals surface area contributed by atoms with Gasteiger partial charge >= 0.3 is 0 Å². The molecular weight excluding hydrogens is 234 g/mol. The number of hydrogen-bond donors (Lipinski definition) is 2. The van der Waals surface area contributed by atoms with Gasteiger partial charge in [-0.1, -0.05) is 23.5 Å². The van der Waals surface area contributed by atoms with Crippen molar-refractivity contribution in [1.29, 1.82) is 0 Å². The number of rotatable bonds is 4. The molecular formula is C12H15N3OS. The van der Waals surface area contributed by atoms with Gasteiger partial charge in [0.1, 0.15) is 5.75 Å². The lowest BCUT2D eigenvalue weighted by Crippen LogP contribution is -2.05. The topological polar surface area (TPSA) is 60.2 Å². The molecule has 0 aliphatic rings. The van der Waals surface area contributed by atoms with Crippen molar-refractivity contribution in [2.75, 3.05) is 12.0 Å². The molecule has 2 rings (SSSR count). The van der Waals surface area contributed by atoms with Crippen molar-refractivity contribution in [2.24, 2.45) is 5.84 Å². The Bertz CT molecular complexity index is 510. The van der Waals surface area contributed by atoms with Crippen LogP contribution in [0.2, 0.25) is 0 Å². The van der Waals surface area contributed by atoms with Gasteiger partial charge in [0.25, 0.3) is 0 Å². The second-order valence-electron chi connectivity index (χ2n) is 3.51. The van der Waals surface area contributed by atoms with Crippen molar-refractivity contribution in [3.63, 3.8) is 0 Å². The van der Waals surface area contributed by atoms with Gasteiger partial charge in [-0.25, -0.2) is 10.8 Å². The summed E-state index contributed by atoms with van der Waals surface area (Å²) in [5, 5.41) is 0.712. The molecule has 3 N–H and O–H groups in total. The van der Waals surface area contributed by atoms with E-state index in [4.69, 9.17) is 10.6 Å². The maximum absolute atomic E-state index is 5.62. The number of nitrogens with two attached hydrogens (primary N) is 1. The van der Waals surface area contributed by atoms with E-state index in [2.05, 4.69) is 10.4 Å². The molecule has 0 bridgehead atoms. The quantitative estimate of drug-likeness (QED) is 0.646. The molecule has 4 nitrogen and oxygen atoms in total. The fraction of sp³-hybridized carbons (Fsp3) is 0.250. The Morgan fingerprint density at radius 1 is 1.41 bits per heavy atom. The highest BCUT2D eigenvalue weighted by Crippen LogP contribution is 2.37. The molecule has 17 heavy (non-hydrogen) atoms. The highest BCUT2D eigenvalue weighted by Gasteiger charge is 2.13. The number of ether oxygens (including phenoxy) is 1. The van der Waals surface area contributed by atoms with Gasteiger partial charge in [0.2, 0.25) is 0 Å². The smallest absolute Gasteiger partial charge is 0.197 e. The molecule has 0 atom stereocenters. The van der Waals surface area contributed by atoms with Gasteiger partial charge in [-0.15, -0.1) is 0 Å². The minimum atomic E-state index is 0.650. The van der Waals surface area contributed by atoms with Gasteiger partial charge in [-0.3, -0.25) is 5.43 Å². The van der Waals surface area contributed by atoms with Crippen LogP contribution >= 0.6 is 11.3 Å². The zero-order chi connectivity index (χ0) is 12.3. The zero-order valence-electron chi connectivity index (χ0n) is 9.86. The Morgan fingerprint density at radius 3 is 2.82 bits per heavy atom. The summed E-state index contributed by atoms with van der Waals surface area (Å²) in [5.74, 6) is 6.25. The summed E-state index contributed by atoms with van der Waals surface area (Å²) in [7, 11) is 0. The van der Waals surface area contributed by atoms with Gasteiger partial charge < -0.3 is 4.74 Å². The molecule has 0 saturated heterocycles. The lowest BCUT2D eigenvalue weighted by Gasteiger charge is -2.08. The fourth-order valence-electron chi connectivity index (χ4n) is 1.64. The van der Waals surface area contributed by atoms with Crippen molar-refractivity contribution in [3.8, 4) is 16.2 Å². The Labute approximate surface area is 104 Å². The summed E-state index contributed by atoms with van der Waals surface area (Å²) in [6, 6.07) is 7.96. The van der Waals surface area contributed by atoms with Crippen molar-refractivity contribution >= 4 is 16.5 Å². The molecule has 0 fully saturated rings. The Morgan fingerprint density at radius 2 is 2.18 bits per heavy atom. The number of nitrogens with one attached hydrogen (secondary N) is 1. The number of nitrogen functional groups attached to an aromatic ring is 1. The van der Waals surface area contributed by atoms with Crippen LogP contribution in [-0.2, 0) is 0 Å². The van der Waals surface area contributed by atoms with Crippen molar-refractivity contribution < 1.29 is 4.74 Å². The maximum atomic E-state index is 5.62. The molecule has 1 aromatic carbocycles. The van der Waals surface area contributed by atoms with Crippen LogP contribution in [0.4, 0.5) is 5.13 Å². The number of anilines is 1. The van der Waals surface area contributed by atoms with E-state index in [1.54, 1.807) is 0 Å². The van der Waals surface area contributed by atoms with Gasteiger partial charge in [-0.05, 0) is 26.0 Å². The predicted octanol–water partition coefficient (Wildman–Crippen LogP) is 2.80. The van der Waals surface area contributed by atoms with Crippen LogP contribution in [0.15, 0.2) is 24.3 Å². The Kier molecular flexibility index (Phi) is 3.61. The molecule has 0 spiro atoms. The number of benzene rings is 1. The zero-order valence-corrected chi connectivity index (χ0v) is 10.7. The number of thiazole rings is 1. The molecule has 0 amide bonds. The molecule has 0 aliphatic carbocycles. The largest absolute Gasteiger partial charge is 0.493 e. The minimum Gasteiger partial charge on any atom is -0.493 e. The lowest BCUT2D eigenvalue weighted by atomic mass is 10.1. The molecule has 5 heteroatoms. The SMILES string of the molecule is CCOc1ccccc1-c1sc(NN)nc1C. The third-order valence-electron chi connectivity index (χ3n) is 2.35. The second-order valence-corrected chi connectivity index (χ2v) is 4.51. The first-order valence-electron chi connectivity index (χ1n) is 5.42. The summed E-state index contributed by atoms with van der Waals surface area (Å²) >= 11 is 1.53. The Hall–Kier alpha value is -1.59. The summed E-state index contributed by atoms with van der Waals surface area (Å²) in [6.07, 6.45) is 0. The first-order chi connectivity index (χ1) is 8.26. The molecule has 1 heterocycles. The van der Waals surface area contributed by atoms with E-state index in [0.29, 0.717) is 11.7 Å². The van der Waals surface area contributed by atoms with Crippen LogP contribution in [0.1, 0.15) is 12.6 Å². The average molecular weight is 249 g/mol. The molecule has 90 valence electrons. The predicted molar refractivity (Wildman–Crippen MR) is 71.3 cm³/mol. The first-order valence-corrected chi connectivity index (χ1v) is 6.24. The number of hydrogen-bond acceptors (Lipinski definition) is 5. The van der Waals surface area contributed by atoms with E-state index in [1.807, 2.05) is 38.1 Å². The molecule has 0 saturated carbocycles. The van der Waals surface area contributed by atoms with E-state index in [0.717, 1.165) is 21.9 Å². The van der Waals surface area contributed by atoms with E-state index in [9.17, 15) is 0 Å². The molecule has 1 aromatic heterocycles. The van der Waals surface area contributed by atoms with Crippen LogP contribution in [0, 0.1) is 6.92 Å². The number of aryl methyl sites for hydroxylation is 1. The number of aromatic nitrogens is 1. The third-order valence-corrected chi connectivity index (χ3v) is 3.47. The van der Waals surface area contributed by atoms with Crippen molar-refractivity contribution in [1.82, 2.24) is 4.98 Å². The number of para-hydroxylation sites is 1. The van der Waals surface area contributed by atoms with Gasteiger partial charge in [0.15, 0.2) is 5.13 Å². The van der Waals surface area contributed by atoms with Crippen molar-refractivity contribution in [2.45, 2.75) is 13.8 Å². The average Bonchev–Trinajstić information content (AvgIpc) is 2.72. The molecule has 0 aliphatic heterocycles. The monoisotopic (exact) mass is 249 g/mol. The lowest BCUT2D eigenvalue weighted by molar-refractivity contribution is 0.341. The minimum absolute atomic E-state index is 0.650. The van der Waals surface area contributed by atoms with Gasteiger partial charge in [0, 0.05) is 5.56 Å². The van der Waals surface area contributed by atoms with Crippen LogP contribution in [-0.4, -0.2) is 11.6 Å². The first kappa shape index (κ1) is 11.9. The van der Waals surface area contributed by atoms with E-state index >= 15 is 0 Å². The van der Waals surface area contributed by atoms with Crippen LogP contribution in [0.3, 0.4) is 0 Å². The standard InChI is InChI=1S/C12H15N3OS/c1-3-16-10-7-5-4-6-9(10)11-8(2)14-12(15-13)17-11/h4-7H,3,13H2,1-2H3,(H,14,15). The van der Waals surface area contributed by atoms with E-state index in [-0.39, 0.29) is 0 Å². The number of nitrogens with zero attached hydrogens (tertiary/aromatic N) is 1. The molecule has 2 aromatic rings. The Balaban J connectivity index is 2.47. The van der Waals surface area contributed by atoms with Crippen LogP contribution < -0.4 is 16.0 Å². The highest BCUT2D eigenvalue weighted by atomic mass is 32.1. The summed E-state index contributed by atoms with van der Waals surface area (Å²) < 4.78 is 5.62. The second kappa shape index (κ2) is 5.16. The summed E-state index contributed by atoms with van der Waals surface area (Å²) in [5.41, 5.74) is 4.59. The summed E-state index contributed by atoms with van der Waals surface area (Å²) in [6.45, 7) is 4.59. The highest BCUT2D eigenvalue weighted by molar-refractivity contribution is 7.19. The maximum Gasteiger partial charge on any atom is 0.197 e. The van der Waals surface area contributed by atoms with Crippen LogP contribution in [0.25, 0.3) is 10.4 Å². The third kappa shape index (κ3) is 2.40. The number of hydrazine groups is 1. The normalized spacial score (nSPS) is 10.3. The van der Waals surface area contributed by atoms with Crippen molar-refractivity contribution in [3.05, 3.63) is 30.0 Å². The van der Waals surface area contributed by atoms with Gasteiger partial charge in [0.05, 0.1) is 17.2 Å². The van der Waals surface area contributed by atoms with E-state index < -0.39 is 0 Å². The van der Waals surface area contributed by atoms with E-state index in [1.165, 1.54) is 11.3 Å². The molecule has 0 unspecified atom stereocenters. The summed E-state index contributed by atoms with van der Waals surface area (Å²) in [4.78, 5) is 5.42. The molecule has 0 radical (unpaired) electrons. The van der Waals surface area contributed by atoms with Crippen LogP contribution in [0.5, 0.6) is 5.75 Å².